The summed E-state index contributed by atoms with van der Waals surface area (Å²) in [5.74, 6) is 1.00. The second-order valence-electron chi connectivity index (χ2n) is 8.29. The summed E-state index contributed by atoms with van der Waals surface area (Å²) in [7, 11) is -3.28. The maximum Gasteiger partial charge on any atom is 0.232 e. The molecule has 0 saturated heterocycles. The molecule has 1 heterocycles. The van der Waals surface area contributed by atoms with Gasteiger partial charge in [0, 0.05) is 12.0 Å². The fourth-order valence-corrected chi connectivity index (χ4v) is 6.37. The molecule has 4 heteroatoms. The molecule has 4 rings (SSSR count). The maximum absolute atomic E-state index is 12.5. The van der Waals surface area contributed by atoms with E-state index in [0.717, 1.165) is 18.0 Å². The van der Waals surface area contributed by atoms with Crippen molar-refractivity contribution in [3.63, 3.8) is 0 Å². The standard InChI is InChI=1S/C23H29NO2S/c1-17-21(15-18-9-5-3-6-10-18)22-16-20(19-11-7-4-8-12-19)13-14-23(22)24(17)27(2,25)26/h4,7-8,11-14,16-18,21H,3,5-6,9-10,15H2,1-2H3. The first-order chi connectivity index (χ1) is 12.9. The Hall–Kier alpha value is -1.81. The van der Waals surface area contributed by atoms with Crippen molar-refractivity contribution in [3.8, 4) is 11.1 Å². The van der Waals surface area contributed by atoms with Crippen molar-refractivity contribution in [3.05, 3.63) is 54.1 Å². The Morgan fingerprint density at radius 3 is 2.33 bits per heavy atom. The summed E-state index contributed by atoms with van der Waals surface area (Å²) < 4.78 is 26.7. The third-order valence-electron chi connectivity index (χ3n) is 6.39. The molecule has 2 unspecified atom stereocenters. The highest BCUT2D eigenvalue weighted by atomic mass is 32.2. The van der Waals surface area contributed by atoms with Crippen LogP contribution in [0.3, 0.4) is 0 Å². The molecular formula is C23H29NO2S. The summed E-state index contributed by atoms with van der Waals surface area (Å²) in [6, 6.07) is 16.6. The molecule has 2 aliphatic rings. The number of hydrogen-bond acceptors (Lipinski definition) is 2. The zero-order chi connectivity index (χ0) is 19.0. The van der Waals surface area contributed by atoms with E-state index >= 15 is 0 Å². The predicted molar refractivity (Wildman–Crippen MR) is 113 cm³/mol. The van der Waals surface area contributed by atoms with Crippen LogP contribution in [0.2, 0.25) is 0 Å². The first-order valence-electron chi connectivity index (χ1n) is 10.1. The maximum atomic E-state index is 12.5. The van der Waals surface area contributed by atoms with Crippen molar-refractivity contribution < 1.29 is 8.42 Å². The monoisotopic (exact) mass is 383 g/mol. The van der Waals surface area contributed by atoms with Crippen molar-refractivity contribution in [2.45, 2.75) is 57.4 Å². The van der Waals surface area contributed by atoms with Crippen molar-refractivity contribution in [2.75, 3.05) is 10.6 Å². The lowest BCUT2D eigenvalue weighted by molar-refractivity contribution is 0.311. The van der Waals surface area contributed by atoms with E-state index in [2.05, 4.69) is 31.2 Å². The van der Waals surface area contributed by atoms with Crippen LogP contribution < -0.4 is 4.31 Å². The van der Waals surface area contributed by atoms with Crippen LogP contribution in [0.25, 0.3) is 11.1 Å². The van der Waals surface area contributed by atoms with E-state index in [1.807, 2.05) is 24.3 Å². The molecule has 2 aromatic carbocycles. The van der Waals surface area contributed by atoms with Gasteiger partial charge < -0.3 is 0 Å². The van der Waals surface area contributed by atoms with Gasteiger partial charge in [0.05, 0.1) is 11.9 Å². The van der Waals surface area contributed by atoms with Crippen LogP contribution in [0.5, 0.6) is 0 Å². The number of anilines is 1. The minimum atomic E-state index is -3.28. The lowest BCUT2D eigenvalue weighted by atomic mass is 9.79. The van der Waals surface area contributed by atoms with E-state index in [0.29, 0.717) is 0 Å². The molecule has 1 aliphatic carbocycles. The third kappa shape index (κ3) is 3.64. The fourth-order valence-electron chi connectivity index (χ4n) is 5.09. The van der Waals surface area contributed by atoms with E-state index in [1.165, 1.54) is 55.1 Å². The Morgan fingerprint density at radius 1 is 0.963 bits per heavy atom. The van der Waals surface area contributed by atoms with Gasteiger partial charge in [-0.25, -0.2) is 8.42 Å². The van der Waals surface area contributed by atoms with Crippen LogP contribution in [0.15, 0.2) is 48.5 Å². The van der Waals surface area contributed by atoms with Gasteiger partial charge >= 0.3 is 0 Å². The van der Waals surface area contributed by atoms with Crippen molar-refractivity contribution in [1.29, 1.82) is 0 Å². The number of nitrogens with zero attached hydrogens (tertiary/aromatic N) is 1. The average molecular weight is 384 g/mol. The summed E-state index contributed by atoms with van der Waals surface area (Å²) in [5.41, 5.74) is 4.44. The highest BCUT2D eigenvalue weighted by Gasteiger charge is 2.41. The molecule has 3 nitrogen and oxygen atoms in total. The molecule has 0 aromatic heterocycles. The molecule has 1 fully saturated rings. The third-order valence-corrected chi connectivity index (χ3v) is 7.64. The minimum Gasteiger partial charge on any atom is -0.267 e. The summed E-state index contributed by atoms with van der Waals surface area (Å²) >= 11 is 0. The summed E-state index contributed by atoms with van der Waals surface area (Å²) in [4.78, 5) is 0. The van der Waals surface area contributed by atoms with Gasteiger partial charge in [0.25, 0.3) is 0 Å². The van der Waals surface area contributed by atoms with Crippen LogP contribution in [-0.2, 0) is 10.0 Å². The van der Waals surface area contributed by atoms with Crippen molar-refractivity contribution in [2.24, 2.45) is 5.92 Å². The molecule has 0 N–H and O–H groups in total. The van der Waals surface area contributed by atoms with Gasteiger partial charge in [-0.3, -0.25) is 4.31 Å². The first kappa shape index (κ1) is 18.5. The largest absolute Gasteiger partial charge is 0.267 e. The van der Waals surface area contributed by atoms with E-state index in [1.54, 1.807) is 4.31 Å². The smallest absolute Gasteiger partial charge is 0.232 e. The molecule has 1 saturated carbocycles. The topological polar surface area (TPSA) is 37.4 Å². The zero-order valence-corrected chi connectivity index (χ0v) is 17.1. The highest BCUT2D eigenvalue weighted by molar-refractivity contribution is 7.92. The van der Waals surface area contributed by atoms with Crippen LogP contribution in [0, 0.1) is 5.92 Å². The van der Waals surface area contributed by atoms with Crippen molar-refractivity contribution >= 4 is 15.7 Å². The Balaban J connectivity index is 1.74. The first-order valence-corrected chi connectivity index (χ1v) is 12.0. The van der Waals surface area contributed by atoms with E-state index in [-0.39, 0.29) is 12.0 Å². The molecule has 2 atom stereocenters. The highest BCUT2D eigenvalue weighted by Crippen LogP contribution is 2.48. The molecule has 0 bridgehead atoms. The van der Waals surface area contributed by atoms with Crippen LogP contribution in [0.1, 0.15) is 56.9 Å². The number of rotatable bonds is 4. The average Bonchev–Trinajstić information content (AvgIpc) is 2.94. The molecule has 1 aliphatic heterocycles. The fraction of sp³-hybridized carbons (Fsp3) is 0.478. The van der Waals surface area contributed by atoms with E-state index < -0.39 is 10.0 Å². The minimum absolute atomic E-state index is 0.0112. The van der Waals surface area contributed by atoms with Crippen molar-refractivity contribution in [1.82, 2.24) is 0 Å². The molecule has 2 aromatic rings. The summed E-state index contributed by atoms with van der Waals surface area (Å²) in [6.07, 6.45) is 8.99. The van der Waals surface area contributed by atoms with Gasteiger partial charge in [0.15, 0.2) is 0 Å². The Kier molecular flexibility index (Phi) is 5.02. The van der Waals surface area contributed by atoms with Gasteiger partial charge in [0.2, 0.25) is 10.0 Å². The molecule has 0 spiro atoms. The second kappa shape index (κ2) is 7.31. The Labute approximate surface area is 163 Å². The van der Waals surface area contributed by atoms with Gasteiger partial charge in [-0.2, -0.15) is 0 Å². The van der Waals surface area contributed by atoms with E-state index in [4.69, 9.17) is 0 Å². The SMILES string of the molecule is CC1C(CC2CCCCC2)c2cc(-c3ccccc3)ccc2N1S(C)(=O)=O. The van der Waals surface area contributed by atoms with Gasteiger partial charge in [0.1, 0.15) is 0 Å². The number of hydrogen-bond donors (Lipinski definition) is 0. The molecular weight excluding hydrogens is 354 g/mol. The quantitative estimate of drug-likeness (QED) is 0.691. The van der Waals surface area contributed by atoms with Crippen LogP contribution in [-0.4, -0.2) is 20.7 Å². The van der Waals surface area contributed by atoms with E-state index in [9.17, 15) is 8.42 Å². The lowest BCUT2D eigenvalue weighted by Crippen LogP contribution is -2.36. The van der Waals surface area contributed by atoms with Gasteiger partial charge in [-0.05, 0) is 48.1 Å². The van der Waals surface area contributed by atoms with Gasteiger partial charge in [-0.15, -0.1) is 0 Å². The number of sulfonamides is 1. The summed E-state index contributed by atoms with van der Waals surface area (Å²) in [5, 5.41) is 0. The number of fused-ring (bicyclic) bond motifs is 1. The van der Waals surface area contributed by atoms with Crippen LogP contribution in [0.4, 0.5) is 5.69 Å². The molecule has 0 amide bonds. The number of benzene rings is 2. The normalized spacial score (nSPS) is 23.4. The molecule has 144 valence electrons. The molecule has 0 radical (unpaired) electrons. The van der Waals surface area contributed by atoms with Gasteiger partial charge in [-0.1, -0.05) is 68.5 Å². The second-order valence-corrected chi connectivity index (χ2v) is 10.1. The predicted octanol–water partition coefficient (Wildman–Crippen LogP) is 5.58. The Bertz CT molecular complexity index is 901. The molecule has 27 heavy (non-hydrogen) atoms. The zero-order valence-electron chi connectivity index (χ0n) is 16.3. The summed E-state index contributed by atoms with van der Waals surface area (Å²) in [6.45, 7) is 2.08. The Morgan fingerprint density at radius 2 is 1.67 bits per heavy atom. The van der Waals surface area contributed by atoms with Crippen LogP contribution >= 0.6 is 0 Å². The lowest BCUT2D eigenvalue weighted by Gasteiger charge is -2.29.